The van der Waals surface area contributed by atoms with Crippen LogP contribution in [0.5, 0.6) is 0 Å². The van der Waals surface area contributed by atoms with E-state index in [-0.39, 0.29) is 25.5 Å². The number of nitrogens with one attached hydrogen (secondary N) is 1. The molecular formula is C23H25N2O5-. The molecular weight excluding hydrogens is 384 g/mol. The molecule has 2 atom stereocenters. The van der Waals surface area contributed by atoms with Crippen LogP contribution in [0.2, 0.25) is 0 Å². The first kappa shape index (κ1) is 21.4. The predicted molar refractivity (Wildman–Crippen MR) is 108 cm³/mol. The molecule has 0 spiro atoms. The Hall–Kier alpha value is -3.35. The lowest BCUT2D eigenvalue weighted by atomic mass is 9.95. The highest BCUT2D eigenvalue weighted by molar-refractivity contribution is 5.86. The van der Waals surface area contributed by atoms with Gasteiger partial charge in [0.25, 0.3) is 0 Å². The first-order chi connectivity index (χ1) is 14.5. The summed E-state index contributed by atoms with van der Waals surface area (Å²) in [6.07, 6.45) is 0.533. The molecule has 0 aromatic heterocycles. The minimum absolute atomic E-state index is 0.145. The topological polar surface area (TPSA) is 98.8 Å². The molecule has 1 saturated heterocycles. The summed E-state index contributed by atoms with van der Waals surface area (Å²) in [6, 6.07) is 17.9. The minimum atomic E-state index is -1.18. The van der Waals surface area contributed by atoms with E-state index in [1.165, 1.54) is 4.90 Å². The van der Waals surface area contributed by atoms with Crippen LogP contribution in [0.1, 0.15) is 36.3 Å². The van der Waals surface area contributed by atoms with E-state index in [0.29, 0.717) is 19.4 Å². The molecule has 0 unspecified atom stereocenters. The van der Waals surface area contributed by atoms with Gasteiger partial charge in [-0.1, -0.05) is 60.7 Å². The molecule has 7 heteroatoms. The molecule has 1 aliphatic rings. The number of aliphatic carboxylic acids is 1. The molecule has 0 radical (unpaired) electrons. The number of carbonyl (C=O) groups is 3. The third kappa shape index (κ3) is 5.83. The maximum atomic E-state index is 12.7. The van der Waals surface area contributed by atoms with Crippen molar-refractivity contribution in [3.05, 3.63) is 71.8 Å². The SMILES string of the molecule is O=C([O-])C[C@@H](CNC(=O)[C@@H]1CCCN1C(=O)OCc1ccccc1)c1ccccc1. The van der Waals surface area contributed by atoms with Gasteiger partial charge in [0.15, 0.2) is 0 Å². The van der Waals surface area contributed by atoms with Crippen LogP contribution in [-0.2, 0) is 20.9 Å². The van der Waals surface area contributed by atoms with Gasteiger partial charge < -0.3 is 20.0 Å². The van der Waals surface area contributed by atoms with Crippen LogP contribution in [0.4, 0.5) is 4.79 Å². The second kappa shape index (κ2) is 10.4. The summed E-state index contributed by atoms with van der Waals surface area (Å²) in [5.41, 5.74) is 1.69. The number of amides is 2. The summed E-state index contributed by atoms with van der Waals surface area (Å²) in [6.45, 7) is 0.749. The van der Waals surface area contributed by atoms with Crippen LogP contribution >= 0.6 is 0 Å². The van der Waals surface area contributed by atoms with Crippen molar-refractivity contribution in [3.63, 3.8) is 0 Å². The Kier molecular flexibility index (Phi) is 7.43. The van der Waals surface area contributed by atoms with Gasteiger partial charge in [-0.15, -0.1) is 0 Å². The fraction of sp³-hybridized carbons (Fsp3) is 0.348. The number of likely N-dealkylation sites (tertiary alicyclic amines) is 1. The molecule has 0 bridgehead atoms. The van der Waals surface area contributed by atoms with Crippen LogP contribution in [0, 0.1) is 0 Å². The van der Waals surface area contributed by atoms with Gasteiger partial charge in [-0.3, -0.25) is 9.69 Å². The Morgan fingerprint density at radius 1 is 1.07 bits per heavy atom. The number of ether oxygens (including phenoxy) is 1. The van der Waals surface area contributed by atoms with Crippen molar-refractivity contribution in [2.75, 3.05) is 13.1 Å². The van der Waals surface area contributed by atoms with Crippen molar-refractivity contribution in [2.24, 2.45) is 0 Å². The molecule has 30 heavy (non-hydrogen) atoms. The first-order valence-electron chi connectivity index (χ1n) is 10.0. The summed E-state index contributed by atoms with van der Waals surface area (Å²) < 4.78 is 5.36. The number of carboxylic acid groups (broad SMARTS) is 1. The molecule has 2 amide bonds. The standard InChI is InChI=1S/C23H26N2O5/c26-21(27)14-19(18-10-5-2-6-11-18)15-24-22(28)20-12-7-13-25(20)23(29)30-16-17-8-3-1-4-9-17/h1-6,8-11,19-20H,7,12-16H2,(H,24,28)(H,26,27)/p-1/t19-,20-/m0/s1. The highest BCUT2D eigenvalue weighted by Crippen LogP contribution is 2.21. The third-order valence-corrected chi connectivity index (χ3v) is 5.20. The van der Waals surface area contributed by atoms with E-state index in [0.717, 1.165) is 11.1 Å². The second-order valence-corrected chi connectivity index (χ2v) is 7.32. The van der Waals surface area contributed by atoms with Gasteiger partial charge in [0.2, 0.25) is 5.91 Å². The Bertz CT molecular complexity index is 856. The number of hydrogen-bond acceptors (Lipinski definition) is 5. The maximum Gasteiger partial charge on any atom is 0.410 e. The molecule has 2 aromatic rings. The summed E-state index contributed by atoms with van der Waals surface area (Å²) in [7, 11) is 0. The van der Waals surface area contributed by atoms with Crippen LogP contribution in [0.3, 0.4) is 0 Å². The Labute approximate surface area is 175 Å². The summed E-state index contributed by atoms with van der Waals surface area (Å²) in [5, 5.41) is 13.9. The Morgan fingerprint density at radius 3 is 2.40 bits per heavy atom. The lowest BCUT2D eigenvalue weighted by Gasteiger charge is -2.25. The van der Waals surface area contributed by atoms with E-state index >= 15 is 0 Å². The number of carbonyl (C=O) groups excluding carboxylic acids is 3. The van der Waals surface area contributed by atoms with Gasteiger partial charge in [-0.2, -0.15) is 0 Å². The maximum absolute atomic E-state index is 12.7. The number of hydrogen-bond donors (Lipinski definition) is 1. The molecule has 3 rings (SSSR count). The minimum Gasteiger partial charge on any atom is -0.550 e. The molecule has 1 aliphatic heterocycles. The number of nitrogens with zero attached hydrogens (tertiary/aromatic N) is 1. The molecule has 0 saturated carbocycles. The van der Waals surface area contributed by atoms with Gasteiger partial charge in [0.05, 0.1) is 0 Å². The van der Waals surface area contributed by atoms with E-state index in [4.69, 9.17) is 4.74 Å². The molecule has 0 aliphatic carbocycles. The number of benzene rings is 2. The number of carboxylic acids is 1. The van der Waals surface area contributed by atoms with Crippen LogP contribution in [0.25, 0.3) is 0 Å². The van der Waals surface area contributed by atoms with Crippen molar-refractivity contribution in [1.82, 2.24) is 10.2 Å². The smallest absolute Gasteiger partial charge is 0.410 e. The molecule has 7 nitrogen and oxygen atoms in total. The largest absolute Gasteiger partial charge is 0.550 e. The fourth-order valence-corrected chi connectivity index (χ4v) is 3.64. The van der Waals surface area contributed by atoms with Crippen molar-refractivity contribution < 1.29 is 24.2 Å². The van der Waals surface area contributed by atoms with Crippen LogP contribution in [0.15, 0.2) is 60.7 Å². The Balaban J connectivity index is 1.56. The predicted octanol–water partition coefficient (Wildman–Crippen LogP) is 1.83. The lowest BCUT2D eigenvalue weighted by molar-refractivity contribution is -0.306. The molecule has 2 aromatic carbocycles. The summed E-state index contributed by atoms with van der Waals surface area (Å²) in [4.78, 5) is 37.8. The summed E-state index contributed by atoms with van der Waals surface area (Å²) >= 11 is 0. The highest BCUT2D eigenvalue weighted by Gasteiger charge is 2.35. The fourth-order valence-electron chi connectivity index (χ4n) is 3.64. The third-order valence-electron chi connectivity index (χ3n) is 5.20. The van der Waals surface area contributed by atoms with Crippen LogP contribution < -0.4 is 10.4 Å². The molecule has 158 valence electrons. The molecule has 1 N–H and O–H groups in total. The molecule has 1 fully saturated rings. The summed E-state index contributed by atoms with van der Waals surface area (Å²) in [5.74, 6) is -1.88. The van der Waals surface area contributed by atoms with Crippen LogP contribution in [-0.4, -0.2) is 42.0 Å². The zero-order valence-electron chi connectivity index (χ0n) is 16.7. The first-order valence-corrected chi connectivity index (χ1v) is 10.0. The van der Waals surface area contributed by atoms with Gasteiger partial charge in [0, 0.05) is 25.0 Å². The van der Waals surface area contributed by atoms with Crippen molar-refractivity contribution >= 4 is 18.0 Å². The van der Waals surface area contributed by atoms with Crippen molar-refractivity contribution in [1.29, 1.82) is 0 Å². The quantitative estimate of drug-likeness (QED) is 0.717. The molecule has 1 heterocycles. The zero-order valence-corrected chi connectivity index (χ0v) is 16.7. The van der Waals surface area contributed by atoms with E-state index in [9.17, 15) is 19.5 Å². The monoisotopic (exact) mass is 409 g/mol. The lowest BCUT2D eigenvalue weighted by Crippen LogP contribution is -2.47. The van der Waals surface area contributed by atoms with Gasteiger partial charge in [0.1, 0.15) is 12.6 Å². The second-order valence-electron chi connectivity index (χ2n) is 7.32. The van der Waals surface area contributed by atoms with Crippen molar-refractivity contribution in [3.8, 4) is 0 Å². The van der Waals surface area contributed by atoms with E-state index in [2.05, 4.69) is 5.32 Å². The number of rotatable bonds is 8. The van der Waals surface area contributed by atoms with Gasteiger partial charge >= 0.3 is 6.09 Å². The highest BCUT2D eigenvalue weighted by atomic mass is 16.6. The van der Waals surface area contributed by atoms with E-state index in [1.807, 2.05) is 60.7 Å². The van der Waals surface area contributed by atoms with Gasteiger partial charge in [-0.25, -0.2) is 4.79 Å². The van der Waals surface area contributed by atoms with E-state index in [1.54, 1.807) is 0 Å². The van der Waals surface area contributed by atoms with Gasteiger partial charge in [-0.05, 0) is 30.4 Å². The zero-order chi connectivity index (χ0) is 21.3. The Morgan fingerprint density at radius 2 is 1.73 bits per heavy atom. The normalized spacial score (nSPS) is 16.7. The van der Waals surface area contributed by atoms with Crippen molar-refractivity contribution in [2.45, 2.75) is 37.8 Å². The van der Waals surface area contributed by atoms with E-state index < -0.39 is 24.0 Å². The average molecular weight is 409 g/mol. The average Bonchev–Trinajstić information content (AvgIpc) is 3.26.